The summed E-state index contributed by atoms with van der Waals surface area (Å²) in [7, 11) is 0. The van der Waals surface area contributed by atoms with Gasteiger partial charge in [-0.05, 0) is 36.4 Å². The van der Waals surface area contributed by atoms with E-state index in [2.05, 4.69) is 15.0 Å². The van der Waals surface area contributed by atoms with Crippen LogP contribution >= 0.6 is 0 Å². The summed E-state index contributed by atoms with van der Waals surface area (Å²) in [4.78, 5) is 50.2. The first-order chi connectivity index (χ1) is 15.6. The van der Waals surface area contributed by atoms with E-state index in [1.54, 1.807) is 24.3 Å². The maximum Gasteiger partial charge on any atom is 0.357 e. The third-order valence-electron chi connectivity index (χ3n) is 4.58. The molecular weight excluding hydrogens is 414 g/mol. The lowest BCUT2D eigenvalue weighted by Gasteiger charge is -2.14. The van der Waals surface area contributed by atoms with Crippen LogP contribution in [0.1, 0.15) is 42.5 Å². The summed E-state index contributed by atoms with van der Waals surface area (Å²) in [6.07, 6.45) is 4.38. The Hall–Kier alpha value is -4.65. The van der Waals surface area contributed by atoms with Gasteiger partial charge in [-0.2, -0.15) is 5.26 Å². The Morgan fingerprint density at radius 3 is 2.50 bits per heavy atom. The van der Waals surface area contributed by atoms with E-state index in [1.165, 1.54) is 30.9 Å². The smallest absolute Gasteiger partial charge is 0.357 e. The zero-order chi connectivity index (χ0) is 22.5. The topological polar surface area (TPSA) is 135 Å². The number of hydrogen-bond donors (Lipinski definition) is 0. The first-order valence-corrected chi connectivity index (χ1v) is 9.48. The summed E-state index contributed by atoms with van der Waals surface area (Å²) in [5.74, 6) is -1.35. The van der Waals surface area contributed by atoms with Crippen LogP contribution in [-0.4, -0.2) is 50.8 Å². The van der Waals surface area contributed by atoms with Gasteiger partial charge in [-0.1, -0.05) is 0 Å². The second-order valence-electron chi connectivity index (χ2n) is 6.66. The van der Waals surface area contributed by atoms with Gasteiger partial charge in [0.2, 0.25) is 0 Å². The average molecular weight is 429 g/mol. The molecule has 32 heavy (non-hydrogen) atoms. The maximum absolute atomic E-state index is 12.7. The van der Waals surface area contributed by atoms with Crippen molar-refractivity contribution in [1.29, 1.82) is 5.26 Å². The molecule has 0 atom stereocenters. The van der Waals surface area contributed by atoms with Crippen LogP contribution in [0.2, 0.25) is 0 Å². The van der Waals surface area contributed by atoms with Crippen molar-refractivity contribution in [3.63, 3.8) is 0 Å². The molecule has 0 fully saturated rings. The van der Waals surface area contributed by atoms with Gasteiger partial charge >= 0.3 is 5.97 Å². The van der Waals surface area contributed by atoms with Crippen molar-refractivity contribution in [2.45, 2.75) is 6.61 Å². The van der Waals surface area contributed by atoms with Crippen LogP contribution in [-0.2, 0) is 11.3 Å². The molecule has 0 saturated heterocycles. The zero-order valence-electron chi connectivity index (χ0n) is 16.6. The number of imide groups is 1. The molecule has 3 aromatic rings. The van der Waals surface area contributed by atoms with E-state index in [9.17, 15) is 14.4 Å². The van der Waals surface area contributed by atoms with Crippen LogP contribution in [0.3, 0.4) is 0 Å². The first-order valence-electron chi connectivity index (χ1n) is 9.48. The highest BCUT2D eigenvalue weighted by atomic mass is 16.5. The number of ether oxygens (including phenoxy) is 2. The number of carbonyl (C=O) groups is 3. The van der Waals surface area contributed by atoms with E-state index in [-0.39, 0.29) is 36.7 Å². The molecule has 2 amide bonds. The van der Waals surface area contributed by atoms with E-state index >= 15 is 0 Å². The fourth-order valence-electron chi connectivity index (χ4n) is 2.98. The summed E-state index contributed by atoms with van der Waals surface area (Å²) < 4.78 is 10.7. The molecule has 0 radical (unpaired) electrons. The van der Waals surface area contributed by atoms with Gasteiger partial charge in [0.1, 0.15) is 36.7 Å². The SMILES string of the molecule is N#Cc1ccc(OCCN2C(=O)c3ccc(C(=O)OCc4cncnc4)nc3C2=O)cc1. The number of carbonyl (C=O) groups excluding carboxylic acids is 3. The highest BCUT2D eigenvalue weighted by molar-refractivity contribution is 6.20. The molecule has 1 aliphatic rings. The molecule has 1 aliphatic heterocycles. The molecule has 2 aromatic heterocycles. The number of aromatic nitrogens is 3. The van der Waals surface area contributed by atoms with E-state index in [0.717, 1.165) is 4.90 Å². The molecule has 0 aliphatic carbocycles. The number of pyridine rings is 1. The number of nitrogens with zero attached hydrogens (tertiary/aromatic N) is 5. The molecule has 0 spiro atoms. The highest BCUT2D eigenvalue weighted by Gasteiger charge is 2.37. The average Bonchev–Trinajstić information content (AvgIpc) is 3.08. The summed E-state index contributed by atoms with van der Waals surface area (Å²) in [5, 5.41) is 8.82. The Balaban J connectivity index is 1.38. The number of hydrogen-bond acceptors (Lipinski definition) is 9. The standard InChI is InChI=1S/C22H15N5O5/c23-9-14-1-3-16(4-2-14)31-8-7-27-20(28)17-5-6-18(26-19(17)21(27)29)22(30)32-12-15-10-24-13-25-11-15/h1-6,10-11,13H,7-8,12H2. The van der Waals surface area contributed by atoms with Gasteiger partial charge in [0.05, 0.1) is 23.7 Å². The quantitative estimate of drug-likeness (QED) is 0.406. The summed E-state index contributed by atoms with van der Waals surface area (Å²) in [5.41, 5.74) is 1.02. The zero-order valence-corrected chi connectivity index (χ0v) is 16.6. The van der Waals surface area contributed by atoms with Crippen LogP contribution in [0.4, 0.5) is 0 Å². The van der Waals surface area contributed by atoms with Crippen molar-refractivity contribution < 1.29 is 23.9 Å². The fraction of sp³-hybridized carbons (Fsp3) is 0.136. The van der Waals surface area contributed by atoms with Crippen LogP contribution in [0.25, 0.3) is 0 Å². The molecule has 10 nitrogen and oxygen atoms in total. The Morgan fingerprint density at radius 2 is 1.78 bits per heavy atom. The predicted octanol–water partition coefficient (Wildman–Crippen LogP) is 1.78. The van der Waals surface area contributed by atoms with Crippen molar-refractivity contribution in [3.8, 4) is 11.8 Å². The van der Waals surface area contributed by atoms with Crippen LogP contribution in [0.5, 0.6) is 5.75 Å². The van der Waals surface area contributed by atoms with Crippen molar-refractivity contribution in [1.82, 2.24) is 19.9 Å². The highest BCUT2D eigenvalue weighted by Crippen LogP contribution is 2.22. The van der Waals surface area contributed by atoms with Crippen molar-refractivity contribution in [2.24, 2.45) is 0 Å². The number of fused-ring (bicyclic) bond motifs is 1. The number of esters is 1. The van der Waals surface area contributed by atoms with Crippen molar-refractivity contribution in [3.05, 3.63) is 83.2 Å². The fourth-order valence-corrected chi connectivity index (χ4v) is 2.98. The first kappa shape index (κ1) is 20.6. The van der Waals surface area contributed by atoms with E-state index < -0.39 is 17.8 Å². The molecule has 0 saturated carbocycles. The van der Waals surface area contributed by atoms with Gasteiger partial charge in [0.25, 0.3) is 11.8 Å². The third-order valence-corrected chi connectivity index (χ3v) is 4.58. The van der Waals surface area contributed by atoms with E-state index in [0.29, 0.717) is 16.9 Å². The summed E-state index contributed by atoms with van der Waals surface area (Å²) >= 11 is 0. The lowest BCUT2D eigenvalue weighted by molar-refractivity contribution is 0.0464. The number of benzene rings is 1. The summed E-state index contributed by atoms with van der Waals surface area (Å²) in [6.45, 7) is 0.0113. The predicted molar refractivity (Wildman–Crippen MR) is 107 cm³/mol. The molecular formula is C22H15N5O5. The van der Waals surface area contributed by atoms with Crippen LogP contribution < -0.4 is 4.74 Å². The van der Waals surface area contributed by atoms with Crippen LogP contribution in [0, 0.1) is 11.3 Å². The lowest BCUT2D eigenvalue weighted by Crippen LogP contribution is -2.33. The van der Waals surface area contributed by atoms with Gasteiger partial charge < -0.3 is 9.47 Å². The minimum atomic E-state index is -0.737. The molecule has 1 aromatic carbocycles. The Kier molecular flexibility index (Phi) is 5.81. The molecule has 10 heteroatoms. The van der Waals surface area contributed by atoms with Gasteiger partial charge in [-0.3, -0.25) is 14.5 Å². The number of nitriles is 1. The molecule has 0 bridgehead atoms. The van der Waals surface area contributed by atoms with Crippen molar-refractivity contribution >= 4 is 17.8 Å². The van der Waals surface area contributed by atoms with Gasteiger partial charge in [0, 0.05) is 18.0 Å². The number of amides is 2. The second kappa shape index (κ2) is 9.01. The molecule has 3 heterocycles. The molecule has 0 N–H and O–H groups in total. The molecule has 0 unspecified atom stereocenters. The third kappa shape index (κ3) is 4.27. The largest absolute Gasteiger partial charge is 0.492 e. The maximum atomic E-state index is 12.7. The molecule has 4 rings (SSSR count). The van der Waals surface area contributed by atoms with Gasteiger partial charge in [-0.15, -0.1) is 0 Å². The normalized spacial score (nSPS) is 12.3. The number of rotatable bonds is 7. The van der Waals surface area contributed by atoms with E-state index in [1.807, 2.05) is 6.07 Å². The van der Waals surface area contributed by atoms with Crippen LogP contribution in [0.15, 0.2) is 55.1 Å². The Morgan fingerprint density at radius 1 is 1.03 bits per heavy atom. The van der Waals surface area contributed by atoms with E-state index in [4.69, 9.17) is 14.7 Å². The summed E-state index contributed by atoms with van der Waals surface area (Å²) in [6, 6.07) is 11.2. The Labute approximate surface area is 182 Å². The monoisotopic (exact) mass is 429 g/mol. The van der Waals surface area contributed by atoms with Gasteiger partial charge in [-0.25, -0.2) is 19.7 Å². The van der Waals surface area contributed by atoms with Gasteiger partial charge in [0.15, 0.2) is 0 Å². The second-order valence-corrected chi connectivity index (χ2v) is 6.66. The lowest BCUT2D eigenvalue weighted by atomic mass is 10.2. The molecule has 158 valence electrons. The van der Waals surface area contributed by atoms with Crippen molar-refractivity contribution in [2.75, 3.05) is 13.2 Å². The Bertz CT molecular complexity index is 1220. The minimum Gasteiger partial charge on any atom is -0.492 e. The minimum absolute atomic E-state index is 0.00180.